The number of esters is 3. The Morgan fingerprint density at radius 1 is 0.367 bits per heavy atom. The van der Waals surface area contributed by atoms with E-state index in [9.17, 15) is 29.7 Å². The van der Waals surface area contributed by atoms with Crippen LogP contribution in [-0.4, -0.2) is 121 Å². The summed E-state index contributed by atoms with van der Waals surface area (Å²) in [5, 5.41) is 32.0. The molecule has 0 saturated heterocycles. The van der Waals surface area contributed by atoms with Crippen molar-refractivity contribution < 1.29 is 43.9 Å². The van der Waals surface area contributed by atoms with Crippen LogP contribution in [0.1, 0.15) is 220 Å². The molecule has 0 aromatic carbocycles. The fourth-order valence-electron chi connectivity index (χ4n) is 7.50. The van der Waals surface area contributed by atoms with E-state index in [0.29, 0.717) is 26.1 Å². The Hall–Kier alpha value is -1.79. The maximum atomic E-state index is 12.7. The Balaban J connectivity index is 4.72. The number of rotatable bonds is 46. The van der Waals surface area contributed by atoms with E-state index < -0.39 is 36.2 Å². The molecule has 0 saturated carbocycles. The normalized spacial score (nSPS) is 13.2. The van der Waals surface area contributed by atoms with E-state index in [2.05, 4.69) is 20.8 Å². The van der Waals surface area contributed by atoms with Gasteiger partial charge in [0.15, 0.2) is 18.3 Å². The average Bonchev–Trinajstić information content (AvgIpc) is 3.23. The van der Waals surface area contributed by atoms with Crippen molar-refractivity contribution in [3.05, 3.63) is 0 Å². The zero-order valence-electron chi connectivity index (χ0n) is 39.5. The number of unbranched alkanes of at least 4 members (excludes halogenated alkanes) is 27. The standard InChI is InChI=1S/C49H96N2O9/c1-5-8-11-14-17-20-23-26-29-32-38-58-47(55)44(52)41-50(4)36-35-37-51(42-45(53)48(56)59-39-33-30-27-24-21-18-15-12-9-6-2)43-46(54)49(57)60-40-34-31-28-25-22-19-16-13-10-7-3/h44-46,52-54H,5-43H2,1-4H3. The van der Waals surface area contributed by atoms with E-state index >= 15 is 0 Å². The van der Waals surface area contributed by atoms with Crippen molar-refractivity contribution in [1.82, 2.24) is 9.80 Å². The van der Waals surface area contributed by atoms with Gasteiger partial charge in [-0.25, -0.2) is 14.4 Å². The lowest BCUT2D eigenvalue weighted by Crippen LogP contribution is -2.45. The van der Waals surface area contributed by atoms with Crippen molar-refractivity contribution in [2.45, 2.75) is 238 Å². The summed E-state index contributed by atoms with van der Waals surface area (Å²) in [5.41, 5.74) is 0. The van der Waals surface area contributed by atoms with Gasteiger partial charge in [0, 0.05) is 19.6 Å². The number of aliphatic hydroxyl groups excluding tert-OH is 3. The zero-order chi connectivity index (χ0) is 44.3. The second-order valence-corrected chi connectivity index (χ2v) is 17.5. The van der Waals surface area contributed by atoms with Crippen LogP contribution in [0.5, 0.6) is 0 Å². The average molecular weight is 857 g/mol. The van der Waals surface area contributed by atoms with Crippen LogP contribution in [0.3, 0.4) is 0 Å². The molecule has 0 aromatic heterocycles. The van der Waals surface area contributed by atoms with Gasteiger partial charge in [0.25, 0.3) is 0 Å². The third-order valence-electron chi connectivity index (χ3n) is 11.4. The van der Waals surface area contributed by atoms with Gasteiger partial charge in [-0.1, -0.05) is 194 Å². The first-order chi connectivity index (χ1) is 29.2. The number of carbonyl (C=O) groups is 3. The molecular weight excluding hydrogens is 761 g/mol. The van der Waals surface area contributed by atoms with Gasteiger partial charge in [-0.05, 0) is 45.8 Å². The Bertz CT molecular complexity index is 925. The summed E-state index contributed by atoms with van der Waals surface area (Å²) in [7, 11) is 1.79. The van der Waals surface area contributed by atoms with Crippen LogP contribution in [-0.2, 0) is 28.6 Å². The number of ether oxygens (including phenoxy) is 3. The number of nitrogens with zero attached hydrogens (tertiary/aromatic N) is 2. The highest BCUT2D eigenvalue weighted by Crippen LogP contribution is 2.14. The van der Waals surface area contributed by atoms with Crippen LogP contribution in [0.25, 0.3) is 0 Å². The molecule has 11 heteroatoms. The van der Waals surface area contributed by atoms with E-state index in [0.717, 1.165) is 57.8 Å². The first kappa shape index (κ1) is 58.2. The number of hydrogen-bond acceptors (Lipinski definition) is 11. The molecule has 0 rings (SSSR count). The number of hydrogen-bond donors (Lipinski definition) is 3. The summed E-state index contributed by atoms with van der Waals surface area (Å²) in [4.78, 5) is 41.3. The molecule has 0 aliphatic carbocycles. The predicted octanol–water partition coefficient (Wildman–Crippen LogP) is 10.1. The molecule has 0 aromatic rings. The van der Waals surface area contributed by atoms with Crippen LogP contribution in [0.15, 0.2) is 0 Å². The maximum Gasteiger partial charge on any atom is 0.336 e. The molecule has 3 atom stereocenters. The van der Waals surface area contributed by atoms with Crippen LogP contribution >= 0.6 is 0 Å². The summed E-state index contributed by atoms with van der Waals surface area (Å²) >= 11 is 0. The Kier molecular flexibility index (Phi) is 42.5. The van der Waals surface area contributed by atoms with Crippen molar-refractivity contribution >= 4 is 17.9 Å². The highest BCUT2D eigenvalue weighted by Gasteiger charge is 2.26. The molecule has 356 valence electrons. The Morgan fingerprint density at radius 2 is 0.617 bits per heavy atom. The van der Waals surface area contributed by atoms with Gasteiger partial charge in [0.05, 0.1) is 19.8 Å². The van der Waals surface area contributed by atoms with Crippen molar-refractivity contribution in [2.24, 2.45) is 0 Å². The first-order valence-electron chi connectivity index (χ1n) is 25.1. The van der Waals surface area contributed by atoms with E-state index in [4.69, 9.17) is 14.2 Å². The third kappa shape index (κ3) is 37.9. The number of likely N-dealkylation sites (N-methyl/N-ethyl adjacent to an activating group) is 1. The molecule has 3 unspecified atom stereocenters. The smallest absolute Gasteiger partial charge is 0.336 e. The molecule has 0 aliphatic rings. The van der Waals surface area contributed by atoms with Crippen molar-refractivity contribution in [3.8, 4) is 0 Å². The van der Waals surface area contributed by atoms with E-state index in [-0.39, 0.29) is 32.8 Å². The summed E-state index contributed by atoms with van der Waals surface area (Å²) in [5.74, 6) is -2.06. The predicted molar refractivity (Wildman–Crippen MR) is 245 cm³/mol. The second-order valence-electron chi connectivity index (χ2n) is 17.5. The van der Waals surface area contributed by atoms with Gasteiger partial charge < -0.3 is 34.4 Å². The second kappa shape index (κ2) is 43.8. The van der Waals surface area contributed by atoms with Gasteiger partial charge >= 0.3 is 17.9 Å². The highest BCUT2D eigenvalue weighted by atomic mass is 16.6. The topological polar surface area (TPSA) is 146 Å². The van der Waals surface area contributed by atoms with Crippen molar-refractivity contribution in [1.29, 1.82) is 0 Å². The van der Waals surface area contributed by atoms with Crippen molar-refractivity contribution in [2.75, 3.05) is 59.6 Å². The highest BCUT2D eigenvalue weighted by molar-refractivity contribution is 5.75. The summed E-state index contributed by atoms with van der Waals surface area (Å²) in [6, 6.07) is 0. The minimum atomic E-state index is -1.44. The molecule has 0 bridgehead atoms. The molecule has 0 radical (unpaired) electrons. The monoisotopic (exact) mass is 857 g/mol. The van der Waals surface area contributed by atoms with Gasteiger partial charge in [0.1, 0.15) is 0 Å². The van der Waals surface area contributed by atoms with E-state index in [1.54, 1.807) is 11.9 Å². The molecule has 0 spiro atoms. The van der Waals surface area contributed by atoms with Crippen LogP contribution in [0.4, 0.5) is 0 Å². The van der Waals surface area contributed by atoms with Gasteiger partial charge in [0.2, 0.25) is 0 Å². The van der Waals surface area contributed by atoms with Crippen LogP contribution in [0.2, 0.25) is 0 Å². The summed E-state index contributed by atoms with van der Waals surface area (Å²) in [6.45, 7) is 8.17. The lowest BCUT2D eigenvalue weighted by atomic mass is 10.1. The Labute approximate surface area is 368 Å². The lowest BCUT2D eigenvalue weighted by molar-refractivity contribution is -0.157. The van der Waals surface area contributed by atoms with E-state index in [1.165, 1.54) is 135 Å². The van der Waals surface area contributed by atoms with E-state index in [1.807, 2.05) is 4.90 Å². The largest absolute Gasteiger partial charge is 0.464 e. The minimum absolute atomic E-state index is 0.0959. The number of carbonyl (C=O) groups excluding carboxylic acids is 3. The number of aliphatic hydroxyl groups is 3. The molecule has 60 heavy (non-hydrogen) atoms. The summed E-state index contributed by atoms with van der Waals surface area (Å²) < 4.78 is 16.1. The fraction of sp³-hybridized carbons (Fsp3) is 0.939. The van der Waals surface area contributed by atoms with Gasteiger partial charge in [-0.3, -0.25) is 4.90 Å². The quantitative estimate of drug-likeness (QED) is 0.0306. The first-order valence-corrected chi connectivity index (χ1v) is 25.1. The molecule has 0 amide bonds. The fourth-order valence-corrected chi connectivity index (χ4v) is 7.50. The summed E-state index contributed by atoms with van der Waals surface area (Å²) in [6.07, 6.45) is 31.6. The molecule has 11 nitrogen and oxygen atoms in total. The molecule has 0 aliphatic heterocycles. The minimum Gasteiger partial charge on any atom is -0.464 e. The molecule has 3 N–H and O–H groups in total. The maximum absolute atomic E-state index is 12.7. The van der Waals surface area contributed by atoms with Gasteiger partial charge in [-0.15, -0.1) is 0 Å². The Morgan fingerprint density at radius 3 is 0.900 bits per heavy atom. The van der Waals surface area contributed by atoms with Crippen LogP contribution in [0, 0.1) is 0 Å². The SMILES string of the molecule is CCCCCCCCCCCCOC(=O)C(O)CN(C)CCCN(CC(O)C(=O)OCCCCCCCCCCCC)CC(O)C(=O)OCCCCCCCCCCCC. The lowest BCUT2D eigenvalue weighted by Gasteiger charge is -2.27. The molecule has 0 heterocycles. The van der Waals surface area contributed by atoms with Gasteiger partial charge in [-0.2, -0.15) is 0 Å². The molecular formula is C49H96N2O9. The zero-order valence-corrected chi connectivity index (χ0v) is 39.5. The third-order valence-corrected chi connectivity index (χ3v) is 11.4. The molecule has 0 fully saturated rings. The van der Waals surface area contributed by atoms with Crippen molar-refractivity contribution in [3.63, 3.8) is 0 Å². The van der Waals surface area contributed by atoms with Crippen LogP contribution < -0.4 is 0 Å².